The van der Waals surface area contributed by atoms with Gasteiger partial charge in [0.15, 0.2) is 5.78 Å². The van der Waals surface area contributed by atoms with Crippen molar-refractivity contribution in [2.24, 2.45) is 17.8 Å². The van der Waals surface area contributed by atoms with Gasteiger partial charge >= 0.3 is 12.1 Å². The van der Waals surface area contributed by atoms with Gasteiger partial charge < -0.3 is 35.2 Å². The van der Waals surface area contributed by atoms with Gasteiger partial charge in [-0.05, 0) is 96.8 Å². The predicted octanol–water partition coefficient (Wildman–Crippen LogP) is 2.94. The molecule has 3 aliphatic heterocycles. The Balaban J connectivity index is 1.51. The number of cyclic esters (lactones) is 1. The number of carbonyl (C=O) groups excluding carboxylic acids is 7. The molecule has 5 rings (SSSR count). The Bertz CT molecular complexity index is 1660. The van der Waals surface area contributed by atoms with E-state index in [9.17, 15) is 42.3 Å². The number of nitrogens with zero attached hydrogens (tertiary/aromatic N) is 2. The number of benzene rings is 1. The highest BCUT2D eigenvalue weighted by Gasteiger charge is 2.48. The standard InChI is InChI=1S/C39H53F2N5O9/c1-20-14-30-37(52)54-22(3)31(44-33(48)28(43-38(53)55-39(4,5)6)17-23-15-24(40)18-25(41)16-23)32(47)26-10-9-11-27(26)36(51)45-13-8-7-12-29(45)34(49)42-21(2)35(50)46(30)19-20/h15-16,18,20-22,26-31H,7-14,17,19H2,1-6H3,(H,42,49)(H,43,53)(H,44,48)/t20-,21-,22-,26?,27+,28-,29-,30-,31-/m0/s1. The number of hydrogen-bond acceptors (Lipinski definition) is 9. The third kappa shape index (κ3) is 9.98. The number of ether oxygens (including phenoxy) is 2. The van der Waals surface area contributed by atoms with Gasteiger partial charge in [0.2, 0.25) is 23.6 Å². The first-order valence-corrected chi connectivity index (χ1v) is 19.2. The highest BCUT2D eigenvalue weighted by atomic mass is 19.1. The molecule has 1 unspecified atom stereocenters. The molecule has 1 aromatic carbocycles. The van der Waals surface area contributed by atoms with Crippen molar-refractivity contribution in [3.05, 3.63) is 35.4 Å². The van der Waals surface area contributed by atoms with Gasteiger partial charge in [-0.2, -0.15) is 0 Å². The summed E-state index contributed by atoms with van der Waals surface area (Å²) < 4.78 is 39.7. The fraction of sp³-hybridized carbons (Fsp3) is 0.667. The molecule has 3 N–H and O–H groups in total. The first kappa shape index (κ1) is 41.5. The molecule has 1 aromatic rings. The molecule has 0 spiro atoms. The van der Waals surface area contributed by atoms with Crippen LogP contribution in [0, 0.1) is 29.4 Å². The summed E-state index contributed by atoms with van der Waals surface area (Å²) in [5.41, 5.74) is -0.950. The fourth-order valence-electron chi connectivity index (χ4n) is 8.27. The average Bonchev–Trinajstić information content (AvgIpc) is 3.75. The molecule has 302 valence electrons. The van der Waals surface area contributed by atoms with Crippen LogP contribution < -0.4 is 16.0 Å². The number of amides is 5. The van der Waals surface area contributed by atoms with Crippen molar-refractivity contribution in [3.8, 4) is 0 Å². The Morgan fingerprint density at radius 2 is 1.58 bits per heavy atom. The summed E-state index contributed by atoms with van der Waals surface area (Å²) in [5.74, 6) is -7.42. The van der Waals surface area contributed by atoms with Gasteiger partial charge in [0.1, 0.15) is 53.5 Å². The van der Waals surface area contributed by atoms with E-state index in [2.05, 4.69) is 16.0 Å². The maximum absolute atomic E-state index is 14.7. The number of halogens is 2. The summed E-state index contributed by atoms with van der Waals surface area (Å²) in [6.45, 7) is 10.1. The molecular formula is C39H53F2N5O9. The van der Waals surface area contributed by atoms with Crippen molar-refractivity contribution in [1.82, 2.24) is 25.8 Å². The molecule has 16 heteroatoms. The van der Waals surface area contributed by atoms with E-state index in [1.165, 1.54) is 23.6 Å². The summed E-state index contributed by atoms with van der Waals surface area (Å²) in [5, 5.41) is 7.85. The third-order valence-corrected chi connectivity index (χ3v) is 10.8. The molecule has 0 radical (unpaired) electrons. The van der Waals surface area contributed by atoms with Crippen LogP contribution in [0.3, 0.4) is 0 Å². The maximum Gasteiger partial charge on any atom is 0.408 e. The monoisotopic (exact) mass is 773 g/mol. The lowest BCUT2D eigenvalue weighted by molar-refractivity contribution is -0.161. The van der Waals surface area contributed by atoms with Crippen LogP contribution in [0.4, 0.5) is 13.6 Å². The number of carbonyl (C=O) groups is 7. The molecule has 3 heterocycles. The second-order valence-electron chi connectivity index (χ2n) is 16.5. The minimum absolute atomic E-state index is 0.0217. The predicted molar refractivity (Wildman–Crippen MR) is 193 cm³/mol. The molecule has 4 fully saturated rings. The average molecular weight is 774 g/mol. The number of alkyl carbamates (subject to hydrolysis) is 1. The normalized spacial score (nSPS) is 30.1. The molecule has 1 saturated carbocycles. The zero-order valence-corrected chi connectivity index (χ0v) is 32.3. The number of fused-ring (bicyclic) bond motifs is 3. The molecule has 3 saturated heterocycles. The molecule has 5 amide bonds. The van der Waals surface area contributed by atoms with Crippen LogP contribution in [-0.2, 0) is 44.7 Å². The van der Waals surface area contributed by atoms with Crippen molar-refractivity contribution in [1.29, 1.82) is 0 Å². The minimum atomic E-state index is -1.54. The van der Waals surface area contributed by atoms with E-state index in [0.717, 1.165) is 12.1 Å². The maximum atomic E-state index is 14.7. The Hall–Kier alpha value is -4.63. The number of rotatable bonds is 5. The largest absolute Gasteiger partial charge is 0.458 e. The van der Waals surface area contributed by atoms with Gasteiger partial charge in [0.05, 0.1) is 0 Å². The molecule has 0 aromatic heterocycles. The second-order valence-corrected chi connectivity index (χ2v) is 16.5. The second kappa shape index (κ2) is 17.0. The molecule has 4 aliphatic rings. The van der Waals surface area contributed by atoms with E-state index in [0.29, 0.717) is 38.2 Å². The summed E-state index contributed by atoms with van der Waals surface area (Å²) >= 11 is 0. The Labute approximate surface area is 319 Å². The molecule has 1 aliphatic carbocycles. The van der Waals surface area contributed by atoms with Gasteiger partial charge in [0, 0.05) is 37.4 Å². The number of hydrogen-bond donors (Lipinski definition) is 3. The van der Waals surface area contributed by atoms with E-state index in [4.69, 9.17) is 9.47 Å². The van der Waals surface area contributed by atoms with E-state index in [-0.39, 0.29) is 43.3 Å². The highest BCUT2D eigenvalue weighted by molar-refractivity contribution is 5.98. The number of ketones is 1. The quantitative estimate of drug-likeness (QED) is 0.380. The van der Waals surface area contributed by atoms with Crippen molar-refractivity contribution < 1.29 is 51.8 Å². The smallest absolute Gasteiger partial charge is 0.408 e. The van der Waals surface area contributed by atoms with E-state index in [1.54, 1.807) is 20.8 Å². The minimum Gasteiger partial charge on any atom is -0.458 e. The van der Waals surface area contributed by atoms with Crippen LogP contribution in [0.2, 0.25) is 0 Å². The lowest BCUT2D eigenvalue weighted by Crippen LogP contribution is -2.60. The van der Waals surface area contributed by atoms with E-state index in [1.807, 2.05) is 6.92 Å². The number of piperidine rings is 1. The molecule has 14 nitrogen and oxygen atoms in total. The van der Waals surface area contributed by atoms with Crippen molar-refractivity contribution in [2.75, 3.05) is 13.1 Å². The highest BCUT2D eigenvalue weighted by Crippen LogP contribution is 2.37. The lowest BCUT2D eigenvalue weighted by Gasteiger charge is -2.38. The summed E-state index contributed by atoms with van der Waals surface area (Å²) in [6, 6.07) is -3.32. The molecule has 9 atom stereocenters. The zero-order valence-electron chi connectivity index (χ0n) is 32.3. The van der Waals surface area contributed by atoms with Gasteiger partial charge in [-0.25, -0.2) is 18.4 Å². The van der Waals surface area contributed by atoms with Crippen LogP contribution in [0.5, 0.6) is 0 Å². The Morgan fingerprint density at radius 3 is 2.25 bits per heavy atom. The molecule has 0 bridgehead atoms. The van der Waals surface area contributed by atoms with Crippen LogP contribution in [0.1, 0.15) is 92.1 Å². The Kier molecular flexibility index (Phi) is 12.9. The summed E-state index contributed by atoms with van der Waals surface area (Å²) in [4.78, 5) is 100. The number of Topliss-reactive ketones (excluding diaryl/α,β-unsaturated/α-hetero) is 1. The Morgan fingerprint density at radius 1 is 0.909 bits per heavy atom. The van der Waals surface area contributed by atoms with Crippen LogP contribution in [0.25, 0.3) is 0 Å². The lowest BCUT2D eigenvalue weighted by atomic mass is 9.84. The van der Waals surface area contributed by atoms with Crippen molar-refractivity contribution >= 4 is 41.5 Å². The molecular weight excluding hydrogens is 720 g/mol. The van der Waals surface area contributed by atoms with Gasteiger partial charge in [-0.15, -0.1) is 0 Å². The first-order valence-electron chi connectivity index (χ1n) is 19.2. The summed E-state index contributed by atoms with van der Waals surface area (Å²) in [7, 11) is 0. The summed E-state index contributed by atoms with van der Waals surface area (Å²) in [6.07, 6.45) is 0.339. The first-order chi connectivity index (χ1) is 25.8. The fourth-order valence-corrected chi connectivity index (χ4v) is 8.27. The molecule has 55 heavy (non-hydrogen) atoms. The topological polar surface area (TPSA) is 181 Å². The number of nitrogens with one attached hydrogen (secondary N) is 3. The van der Waals surface area contributed by atoms with Gasteiger partial charge in [-0.3, -0.25) is 24.0 Å². The van der Waals surface area contributed by atoms with E-state index < -0.39 is 107 Å². The SMILES string of the molecule is C[C@H]1C[C@H]2C(=O)O[C@@H](C)[C@H](NC(=O)[C@H](Cc3cc(F)cc(F)c3)NC(=O)OC(C)(C)C)C(=O)C3CCC[C@H]3C(=O)N3CCCC[C@H]3C(=O)N[C@@H](C)C(=O)N2C1. The van der Waals surface area contributed by atoms with Gasteiger partial charge in [-0.1, -0.05) is 13.3 Å². The van der Waals surface area contributed by atoms with E-state index >= 15 is 0 Å². The zero-order chi connectivity index (χ0) is 40.4. The van der Waals surface area contributed by atoms with Gasteiger partial charge in [0.25, 0.3) is 0 Å². The van der Waals surface area contributed by atoms with Crippen LogP contribution in [0.15, 0.2) is 18.2 Å². The van der Waals surface area contributed by atoms with Crippen molar-refractivity contribution in [3.63, 3.8) is 0 Å². The van der Waals surface area contributed by atoms with Crippen LogP contribution >= 0.6 is 0 Å². The van der Waals surface area contributed by atoms with Crippen molar-refractivity contribution in [2.45, 2.75) is 135 Å². The third-order valence-electron chi connectivity index (χ3n) is 10.8. The van der Waals surface area contributed by atoms with Crippen LogP contribution in [-0.4, -0.2) is 106 Å². The number of esters is 1.